The molecule has 230 valence electrons. The molecule has 6 rings (SSSR count). The molecule has 1 heterocycles. The molecule has 0 radical (unpaired) electrons. The number of rotatable bonds is 12. The topological polar surface area (TPSA) is 127 Å². The number of nitrogens with one attached hydrogen (secondary N) is 2. The van der Waals surface area contributed by atoms with Gasteiger partial charge in [0, 0.05) is 39.8 Å². The summed E-state index contributed by atoms with van der Waals surface area (Å²) in [7, 11) is 0. The van der Waals surface area contributed by atoms with Crippen LogP contribution in [0.3, 0.4) is 0 Å². The van der Waals surface area contributed by atoms with E-state index >= 15 is 0 Å². The Hall–Kier alpha value is -5.67. The minimum Gasteiger partial charge on any atom is -0.492 e. The Kier molecular flexibility index (Phi) is 8.94. The number of benzene rings is 5. The molecule has 46 heavy (non-hydrogen) atoms. The maximum Gasteiger partial charge on any atom is 0.345 e. The molecule has 0 saturated heterocycles. The van der Waals surface area contributed by atoms with E-state index in [4.69, 9.17) is 21.1 Å². The Balaban J connectivity index is 0.958. The molecule has 10 heteroatoms. The second-order valence-corrected chi connectivity index (χ2v) is 11.0. The molecule has 3 N–H and O–H groups in total. The number of halogens is 1. The van der Waals surface area contributed by atoms with Crippen molar-refractivity contribution >= 4 is 56.7 Å². The van der Waals surface area contributed by atoms with Gasteiger partial charge in [0.15, 0.2) is 6.10 Å². The first-order valence-corrected chi connectivity index (χ1v) is 14.9. The SMILES string of the molecule is O=C(NCCOc1ccc(CC(Oc2ccc(Cl)cc2)C(=O)O)cc1)c1ccc(NC(=O)c2ccc3cc2c2cc3ccn2)cc1. The summed E-state index contributed by atoms with van der Waals surface area (Å²) in [6.45, 7) is 0.499. The summed E-state index contributed by atoms with van der Waals surface area (Å²) < 4.78 is 11.3. The first-order chi connectivity index (χ1) is 22.3. The monoisotopic (exact) mass is 633 g/mol. The third-order valence-electron chi connectivity index (χ3n) is 7.41. The zero-order valence-corrected chi connectivity index (χ0v) is 25.2. The van der Waals surface area contributed by atoms with Gasteiger partial charge in [-0.25, -0.2) is 4.79 Å². The van der Waals surface area contributed by atoms with Gasteiger partial charge in [-0.15, -0.1) is 0 Å². The van der Waals surface area contributed by atoms with Crippen LogP contribution in [0.1, 0.15) is 26.3 Å². The fourth-order valence-electron chi connectivity index (χ4n) is 5.02. The molecule has 2 amide bonds. The summed E-state index contributed by atoms with van der Waals surface area (Å²) in [4.78, 5) is 41.8. The first-order valence-electron chi connectivity index (χ1n) is 14.5. The van der Waals surface area contributed by atoms with E-state index < -0.39 is 12.1 Å². The van der Waals surface area contributed by atoms with Crippen molar-refractivity contribution in [2.24, 2.45) is 0 Å². The number of ether oxygens (including phenoxy) is 2. The summed E-state index contributed by atoms with van der Waals surface area (Å²) in [5, 5.41) is 18.7. The lowest BCUT2D eigenvalue weighted by atomic mass is 10.0. The van der Waals surface area contributed by atoms with Gasteiger partial charge >= 0.3 is 5.97 Å². The van der Waals surface area contributed by atoms with Gasteiger partial charge in [0.25, 0.3) is 11.8 Å². The van der Waals surface area contributed by atoms with Crippen LogP contribution >= 0.6 is 11.6 Å². The Morgan fingerprint density at radius 2 is 1.52 bits per heavy atom. The van der Waals surface area contributed by atoms with Crippen LogP contribution in [0.2, 0.25) is 5.02 Å². The lowest BCUT2D eigenvalue weighted by Gasteiger charge is -2.15. The van der Waals surface area contributed by atoms with Gasteiger partial charge in [-0.05, 0) is 101 Å². The summed E-state index contributed by atoms with van der Waals surface area (Å²) in [6.07, 6.45) is 0.835. The number of nitrogens with zero attached hydrogens (tertiary/aromatic N) is 1. The second kappa shape index (κ2) is 13.5. The fourth-order valence-corrected chi connectivity index (χ4v) is 5.15. The number of carbonyl (C=O) groups excluding carboxylic acids is 2. The van der Waals surface area contributed by atoms with Crippen molar-refractivity contribution in [3.8, 4) is 11.5 Å². The quantitative estimate of drug-likeness (QED) is 0.129. The number of aliphatic carboxylic acids is 1. The zero-order chi connectivity index (χ0) is 32.0. The standard InChI is InChI=1S/C36H28ClN3O6/c37-26-6-12-29(13-7-26)46-33(36(43)44)19-22-1-10-28(11-2-22)45-18-17-39-34(41)23-3-8-27(9-4-23)40-35(42)30-14-5-24-20-31(30)32-21-25(24)15-16-38-32/h1-16,20-21,33H,17-19H2,(H,39,41)(H,40,42)(H,43,44). The van der Waals surface area contributed by atoms with Crippen LogP contribution in [0.25, 0.3) is 21.7 Å². The minimum atomic E-state index is -1.07. The highest BCUT2D eigenvalue weighted by molar-refractivity contribution is 6.30. The molecular formula is C36H28ClN3O6. The summed E-state index contributed by atoms with van der Waals surface area (Å²) in [6, 6.07) is 29.8. The van der Waals surface area contributed by atoms with Crippen LogP contribution < -0.4 is 20.1 Å². The van der Waals surface area contributed by atoms with Gasteiger partial charge in [-0.2, -0.15) is 0 Å². The Morgan fingerprint density at radius 1 is 0.804 bits per heavy atom. The summed E-state index contributed by atoms with van der Waals surface area (Å²) >= 11 is 5.88. The largest absolute Gasteiger partial charge is 0.492 e. The van der Waals surface area contributed by atoms with Crippen molar-refractivity contribution in [1.82, 2.24) is 10.3 Å². The molecule has 4 bridgehead atoms. The third-order valence-corrected chi connectivity index (χ3v) is 7.66. The molecule has 0 aliphatic heterocycles. The number of carboxylic acids is 1. The highest BCUT2D eigenvalue weighted by Gasteiger charge is 2.20. The number of fused-ring (bicyclic) bond motifs is 6. The van der Waals surface area contributed by atoms with Crippen LogP contribution in [0.15, 0.2) is 109 Å². The minimum absolute atomic E-state index is 0.164. The second-order valence-electron chi connectivity index (χ2n) is 10.6. The lowest BCUT2D eigenvalue weighted by Crippen LogP contribution is -2.29. The van der Waals surface area contributed by atoms with E-state index in [0.717, 1.165) is 27.2 Å². The highest BCUT2D eigenvalue weighted by atomic mass is 35.5. The smallest absolute Gasteiger partial charge is 0.345 e. The molecule has 5 aromatic carbocycles. The van der Waals surface area contributed by atoms with E-state index in [1.807, 2.05) is 24.3 Å². The van der Waals surface area contributed by atoms with Crippen molar-refractivity contribution in [2.75, 3.05) is 18.5 Å². The van der Waals surface area contributed by atoms with Gasteiger partial charge in [-0.3, -0.25) is 14.6 Å². The van der Waals surface area contributed by atoms with E-state index in [-0.39, 0.29) is 31.4 Å². The summed E-state index contributed by atoms with van der Waals surface area (Å²) in [5.41, 5.74) is 3.05. The maximum absolute atomic E-state index is 13.0. The third kappa shape index (κ3) is 7.17. The lowest BCUT2D eigenvalue weighted by molar-refractivity contribution is -0.145. The zero-order valence-electron chi connectivity index (χ0n) is 24.4. The van der Waals surface area contributed by atoms with E-state index in [1.54, 1.807) is 85.1 Å². The van der Waals surface area contributed by atoms with Crippen LogP contribution in [-0.4, -0.2) is 47.1 Å². The number of anilines is 1. The van der Waals surface area contributed by atoms with Crippen molar-refractivity contribution in [3.05, 3.63) is 131 Å². The highest BCUT2D eigenvalue weighted by Crippen LogP contribution is 2.27. The van der Waals surface area contributed by atoms with Gasteiger partial charge < -0.3 is 25.2 Å². The van der Waals surface area contributed by atoms with Gasteiger partial charge in [0.2, 0.25) is 0 Å². The van der Waals surface area contributed by atoms with Crippen LogP contribution in [-0.2, 0) is 11.2 Å². The molecular weight excluding hydrogens is 606 g/mol. The van der Waals surface area contributed by atoms with Crippen molar-refractivity contribution in [3.63, 3.8) is 0 Å². The van der Waals surface area contributed by atoms with Crippen LogP contribution in [0.5, 0.6) is 11.5 Å². The summed E-state index contributed by atoms with van der Waals surface area (Å²) in [5.74, 6) is -0.610. The Morgan fingerprint density at radius 3 is 2.26 bits per heavy atom. The predicted octanol–water partition coefficient (Wildman–Crippen LogP) is 6.62. The van der Waals surface area contributed by atoms with Crippen molar-refractivity contribution in [1.29, 1.82) is 0 Å². The predicted molar refractivity (Wildman–Crippen MR) is 176 cm³/mol. The molecule has 1 aromatic heterocycles. The number of carbonyl (C=O) groups is 3. The van der Waals surface area contributed by atoms with Crippen molar-refractivity contribution in [2.45, 2.75) is 12.5 Å². The molecule has 0 spiro atoms. The van der Waals surface area contributed by atoms with Gasteiger partial charge in [-0.1, -0.05) is 29.8 Å². The maximum atomic E-state index is 13.0. The molecule has 1 unspecified atom stereocenters. The number of hydrogen-bond donors (Lipinski definition) is 3. The van der Waals surface area contributed by atoms with E-state index in [1.165, 1.54) is 0 Å². The Labute approximate surface area is 269 Å². The molecule has 0 saturated carbocycles. The molecule has 1 atom stereocenters. The van der Waals surface area contributed by atoms with Gasteiger partial charge in [0.1, 0.15) is 18.1 Å². The number of aromatic nitrogens is 1. The first kappa shape index (κ1) is 30.4. The molecule has 0 fully saturated rings. The molecule has 0 aliphatic rings. The van der Waals surface area contributed by atoms with Crippen LogP contribution in [0, 0.1) is 0 Å². The average Bonchev–Trinajstić information content (AvgIpc) is 3.07. The average molecular weight is 634 g/mol. The number of amides is 2. The molecule has 9 nitrogen and oxygen atoms in total. The van der Waals surface area contributed by atoms with E-state index in [9.17, 15) is 19.5 Å². The fraction of sp³-hybridized carbons (Fsp3) is 0.111. The van der Waals surface area contributed by atoms with E-state index in [2.05, 4.69) is 15.6 Å². The Bertz CT molecular complexity index is 2000. The normalized spacial score (nSPS) is 11.7. The number of hydrogen-bond acceptors (Lipinski definition) is 6. The van der Waals surface area contributed by atoms with Crippen LogP contribution in [0.4, 0.5) is 5.69 Å². The molecule has 0 aliphatic carbocycles. The number of pyridine rings is 1. The number of carboxylic acid groups (broad SMARTS) is 1. The van der Waals surface area contributed by atoms with Gasteiger partial charge in [0.05, 0.1) is 12.1 Å². The molecule has 6 aromatic rings. The van der Waals surface area contributed by atoms with E-state index in [0.29, 0.717) is 33.3 Å². The van der Waals surface area contributed by atoms with Crippen molar-refractivity contribution < 1.29 is 29.0 Å².